The highest BCUT2D eigenvalue weighted by Crippen LogP contribution is 2.27. The molecule has 1 saturated carbocycles. The lowest BCUT2D eigenvalue weighted by molar-refractivity contribution is -0.126. The number of carbonyl (C=O) groups is 1. The van der Waals surface area contributed by atoms with Gasteiger partial charge in [-0.2, -0.15) is 0 Å². The van der Waals surface area contributed by atoms with Gasteiger partial charge in [-0.05, 0) is 51.9 Å². The van der Waals surface area contributed by atoms with Crippen LogP contribution in [0.2, 0.25) is 0 Å². The lowest BCUT2D eigenvalue weighted by Gasteiger charge is -2.31. The second-order valence-corrected chi connectivity index (χ2v) is 6.07. The van der Waals surface area contributed by atoms with Crippen LogP contribution in [0, 0.1) is 11.8 Å². The molecule has 1 aliphatic carbocycles. The molecule has 1 fully saturated rings. The van der Waals surface area contributed by atoms with E-state index in [1.807, 2.05) is 13.8 Å². The van der Waals surface area contributed by atoms with Crippen molar-refractivity contribution in [2.75, 3.05) is 13.2 Å². The smallest absolute Gasteiger partial charge is 0.223 e. The van der Waals surface area contributed by atoms with Crippen molar-refractivity contribution in [3.05, 3.63) is 0 Å². The first kappa shape index (κ1) is 16.4. The fourth-order valence-corrected chi connectivity index (χ4v) is 2.56. The Morgan fingerprint density at radius 2 is 2.11 bits per heavy atom. The summed E-state index contributed by atoms with van der Waals surface area (Å²) in [6.45, 7) is 7.76. The summed E-state index contributed by atoms with van der Waals surface area (Å²) < 4.78 is 5.46. The molecule has 0 aromatic carbocycles. The minimum absolute atomic E-state index is 0.168. The number of nitrogens with two attached hydrogens (primary N) is 1. The topological polar surface area (TPSA) is 64.3 Å². The van der Waals surface area contributed by atoms with E-state index in [1.165, 1.54) is 0 Å². The van der Waals surface area contributed by atoms with Gasteiger partial charge in [-0.3, -0.25) is 4.79 Å². The van der Waals surface area contributed by atoms with E-state index in [0.29, 0.717) is 12.0 Å². The van der Waals surface area contributed by atoms with Crippen molar-refractivity contribution in [3.63, 3.8) is 0 Å². The van der Waals surface area contributed by atoms with Gasteiger partial charge in [0.2, 0.25) is 5.91 Å². The molecule has 3 atom stereocenters. The Balaban J connectivity index is 2.08. The first-order valence-electron chi connectivity index (χ1n) is 7.65. The molecule has 0 spiro atoms. The predicted molar refractivity (Wildman–Crippen MR) is 77.8 cm³/mol. The van der Waals surface area contributed by atoms with Gasteiger partial charge in [-0.25, -0.2) is 0 Å². The molecule has 0 aliphatic heterocycles. The van der Waals surface area contributed by atoms with E-state index < -0.39 is 0 Å². The van der Waals surface area contributed by atoms with E-state index in [0.717, 1.165) is 45.3 Å². The summed E-state index contributed by atoms with van der Waals surface area (Å²) in [5.41, 5.74) is 5.97. The van der Waals surface area contributed by atoms with Gasteiger partial charge in [0.1, 0.15) is 0 Å². The molecule has 112 valence electrons. The van der Waals surface area contributed by atoms with Crippen LogP contribution < -0.4 is 11.1 Å². The average Bonchev–Trinajstić information content (AvgIpc) is 2.36. The lowest BCUT2D eigenvalue weighted by Crippen LogP contribution is -2.40. The van der Waals surface area contributed by atoms with Gasteiger partial charge in [0.25, 0.3) is 0 Å². The molecular formula is C15H30N2O2. The number of unbranched alkanes of at least 4 members (excludes halogenated alkanes) is 1. The molecule has 4 heteroatoms. The number of hydrogen-bond donors (Lipinski definition) is 2. The zero-order valence-electron chi connectivity index (χ0n) is 12.7. The summed E-state index contributed by atoms with van der Waals surface area (Å²) in [5, 5.41) is 3.04. The molecule has 19 heavy (non-hydrogen) atoms. The highest BCUT2D eigenvalue weighted by molar-refractivity contribution is 5.78. The molecule has 0 saturated heterocycles. The van der Waals surface area contributed by atoms with Gasteiger partial charge in [0, 0.05) is 25.1 Å². The van der Waals surface area contributed by atoms with Crippen molar-refractivity contribution in [3.8, 4) is 0 Å². The third-order valence-electron chi connectivity index (χ3n) is 3.93. The van der Waals surface area contributed by atoms with Gasteiger partial charge in [-0.1, -0.05) is 6.92 Å². The first-order valence-corrected chi connectivity index (χ1v) is 7.65. The normalized spacial score (nSPS) is 27.5. The minimum atomic E-state index is 0.168. The minimum Gasteiger partial charge on any atom is -0.379 e. The van der Waals surface area contributed by atoms with Gasteiger partial charge >= 0.3 is 0 Å². The molecule has 0 bridgehead atoms. The van der Waals surface area contributed by atoms with Crippen molar-refractivity contribution >= 4 is 5.91 Å². The molecule has 0 aromatic rings. The summed E-state index contributed by atoms with van der Waals surface area (Å²) in [6, 6.07) is 0.275. The van der Waals surface area contributed by atoms with Crippen LogP contribution in [0.4, 0.5) is 0 Å². The van der Waals surface area contributed by atoms with E-state index in [2.05, 4.69) is 12.2 Å². The van der Waals surface area contributed by atoms with Gasteiger partial charge in [0.05, 0.1) is 6.10 Å². The molecule has 3 unspecified atom stereocenters. The summed E-state index contributed by atoms with van der Waals surface area (Å²) in [4.78, 5) is 12.0. The third kappa shape index (κ3) is 6.39. The maximum absolute atomic E-state index is 12.0. The fourth-order valence-electron chi connectivity index (χ4n) is 2.56. The fraction of sp³-hybridized carbons (Fsp3) is 0.933. The Labute approximate surface area is 117 Å². The summed E-state index contributed by atoms with van der Waals surface area (Å²) in [7, 11) is 0. The number of rotatable bonds is 7. The Morgan fingerprint density at radius 1 is 1.37 bits per heavy atom. The monoisotopic (exact) mass is 270 g/mol. The van der Waals surface area contributed by atoms with Crippen molar-refractivity contribution in [1.82, 2.24) is 5.32 Å². The number of ether oxygens (including phenoxy) is 1. The zero-order chi connectivity index (χ0) is 14.3. The Bertz CT molecular complexity index is 269. The largest absolute Gasteiger partial charge is 0.379 e. The van der Waals surface area contributed by atoms with E-state index in [9.17, 15) is 4.79 Å². The lowest BCUT2D eigenvalue weighted by atomic mass is 9.79. The first-order chi connectivity index (χ1) is 9.00. The number of hydrogen-bond acceptors (Lipinski definition) is 3. The Morgan fingerprint density at radius 3 is 2.74 bits per heavy atom. The van der Waals surface area contributed by atoms with E-state index >= 15 is 0 Å². The summed E-state index contributed by atoms with van der Waals surface area (Å²) >= 11 is 0. The van der Waals surface area contributed by atoms with Crippen molar-refractivity contribution in [1.29, 1.82) is 0 Å². The van der Waals surface area contributed by atoms with E-state index in [-0.39, 0.29) is 17.9 Å². The van der Waals surface area contributed by atoms with E-state index in [1.54, 1.807) is 0 Å². The Kier molecular flexibility index (Phi) is 7.39. The highest BCUT2D eigenvalue weighted by atomic mass is 16.5. The van der Waals surface area contributed by atoms with Gasteiger partial charge in [0.15, 0.2) is 0 Å². The summed E-state index contributed by atoms with van der Waals surface area (Å²) in [5.74, 6) is 0.842. The van der Waals surface area contributed by atoms with Crippen LogP contribution in [-0.4, -0.2) is 31.2 Å². The Hall–Kier alpha value is -0.610. The number of nitrogens with one attached hydrogen (secondary N) is 1. The molecule has 1 amide bonds. The maximum Gasteiger partial charge on any atom is 0.223 e. The van der Waals surface area contributed by atoms with Gasteiger partial charge in [-0.15, -0.1) is 0 Å². The molecule has 3 N–H and O–H groups in total. The number of amides is 1. The van der Waals surface area contributed by atoms with E-state index in [4.69, 9.17) is 10.5 Å². The summed E-state index contributed by atoms with van der Waals surface area (Å²) in [6.07, 6.45) is 5.13. The quantitative estimate of drug-likeness (QED) is 0.696. The predicted octanol–water partition coefficient (Wildman–Crippen LogP) is 2.07. The SMILES string of the molecule is CC(C)OCCCCNC(=O)C1CCC(N)C(C)C1. The zero-order valence-corrected chi connectivity index (χ0v) is 12.7. The molecule has 0 heterocycles. The van der Waals surface area contributed by atoms with Crippen LogP contribution >= 0.6 is 0 Å². The van der Waals surface area contributed by atoms with Crippen molar-refractivity contribution in [2.24, 2.45) is 17.6 Å². The van der Waals surface area contributed by atoms with Crippen LogP contribution in [-0.2, 0) is 9.53 Å². The van der Waals surface area contributed by atoms with Crippen LogP contribution in [0.3, 0.4) is 0 Å². The molecule has 4 nitrogen and oxygen atoms in total. The molecule has 0 radical (unpaired) electrons. The molecule has 0 aromatic heterocycles. The second kappa shape index (κ2) is 8.54. The average molecular weight is 270 g/mol. The second-order valence-electron chi connectivity index (χ2n) is 6.07. The third-order valence-corrected chi connectivity index (χ3v) is 3.93. The van der Waals surface area contributed by atoms with Crippen LogP contribution in [0.25, 0.3) is 0 Å². The van der Waals surface area contributed by atoms with Crippen LogP contribution in [0.1, 0.15) is 52.9 Å². The maximum atomic E-state index is 12.0. The highest BCUT2D eigenvalue weighted by Gasteiger charge is 2.29. The number of carbonyl (C=O) groups excluding carboxylic acids is 1. The van der Waals surface area contributed by atoms with Crippen molar-refractivity contribution in [2.45, 2.75) is 65.0 Å². The van der Waals surface area contributed by atoms with Crippen LogP contribution in [0.5, 0.6) is 0 Å². The molecule has 1 aliphatic rings. The molecule has 1 rings (SSSR count). The van der Waals surface area contributed by atoms with Gasteiger partial charge < -0.3 is 15.8 Å². The van der Waals surface area contributed by atoms with Crippen molar-refractivity contribution < 1.29 is 9.53 Å². The van der Waals surface area contributed by atoms with Crippen LogP contribution in [0.15, 0.2) is 0 Å². The molecular weight excluding hydrogens is 240 g/mol. The standard InChI is InChI=1S/C15H30N2O2/c1-11(2)19-9-5-4-8-17-15(18)13-6-7-14(16)12(3)10-13/h11-14H,4-10,16H2,1-3H3,(H,17,18).